The van der Waals surface area contributed by atoms with Gasteiger partial charge < -0.3 is 9.84 Å². The predicted molar refractivity (Wildman–Crippen MR) is 82.4 cm³/mol. The van der Waals surface area contributed by atoms with Crippen LogP contribution in [0.15, 0.2) is 24.3 Å². The van der Waals surface area contributed by atoms with Crippen LogP contribution in [0.3, 0.4) is 0 Å². The van der Waals surface area contributed by atoms with Gasteiger partial charge in [-0.25, -0.2) is 4.98 Å². The number of rotatable bonds is 7. The SMILES string of the molecule is CCc1ccccc1OCCc1nc(CC)c(CO)s1. The molecule has 2 aromatic rings. The quantitative estimate of drug-likeness (QED) is 0.850. The third-order valence-corrected chi connectivity index (χ3v) is 4.37. The second kappa shape index (κ2) is 7.41. The Hall–Kier alpha value is -1.39. The topological polar surface area (TPSA) is 42.4 Å². The van der Waals surface area contributed by atoms with Crippen molar-refractivity contribution in [3.8, 4) is 5.75 Å². The lowest BCUT2D eigenvalue weighted by molar-refractivity contribution is 0.284. The second-order valence-corrected chi connectivity index (χ2v) is 5.72. The number of aromatic nitrogens is 1. The number of aryl methyl sites for hydroxylation is 2. The molecule has 0 saturated heterocycles. The molecule has 0 aliphatic carbocycles. The van der Waals surface area contributed by atoms with Crippen LogP contribution < -0.4 is 4.74 Å². The predicted octanol–water partition coefficient (Wildman–Crippen LogP) is 3.38. The van der Waals surface area contributed by atoms with Crippen LogP contribution in [0.2, 0.25) is 0 Å². The number of hydrogen-bond acceptors (Lipinski definition) is 4. The van der Waals surface area contributed by atoms with Gasteiger partial charge in [0.25, 0.3) is 0 Å². The molecule has 0 atom stereocenters. The molecule has 0 saturated carbocycles. The summed E-state index contributed by atoms with van der Waals surface area (Å²) in [5.74, 6) is 0.963. The van der Waals surface area contributed by atoms with E-state index >= 15 is 0 Å². The first kappa shape index (κ1) is 15.0. The largest absolute Gasteiger partial charge is 0.493 e. The third kappa shape index (κ3) is 3.58. The fraction of sp³-hybridized carbons (Fsp3) is 0.438. The maximum Gasteiger partial charge on any atom is 0.122 e. The first-order chi connectivity index (χ1) is 9.78. The maximum atomic E-state index is 9.27. The molecule has 20 heavy (non-hydrogen) atoms. The van der Waals surface area contributed by atoms with Gasteiger partial charge in [-0.15, -0.1) is 11.3 Å². The average Bonchev–Trinajstić information content (AvgIpc) is 2.90. The molecule has 2 rings (SSSR count). The highest BCUT2D eigenvalue weighted by Gasteiger charge is 2.09. The van der Waals surface area contributed by atoms with Crippen molar-refractivity contribution in [1.82, 2.24) is 4.98 Å². The number of aliphatic hydroxyl groups excluding tert-OH is 1. The molecule has 1 heterocycles. The van der Waals surface area contributed by atoms with Gasteiger partial charge >= 0.3 is 0 Å². The number of para-hydroxylation sites is 1. The third-order valence-electron chi connectivity index (χ3n) is 3.23. The summed E-state index contributed by atoms with van der Waals surface area (Å²) < 4.78 is 5.85. The lowest BCUT2D eigenvalue weighted by atomic mass is 10.1. The van der Waals surface area contributed by atoms with Gasteiger partial charge in [-0.3, -0.25) is 0 Å². The zero-order valence-corrected chi connectivity index (χ0v) is 12.9. The van der Waals surface area contributed by atoms with Gasteiger partial charge in [-0.05, 0) is 24.5 Å². The van der Waals surface area contributed by atoms with Gasteiger partial charge in [-0.1, -0.05) is 32.0 Å². The van der Waals surface area contributed by atoms with Crippen LogP contribution in [0.25, 0.3) is 0 Å². The van der Waals surface area contributed by atoms with Crippen molar-refractivity contribution in [3.63, 3.8) is 0 Å². The molecule has 0 amide bonds. The molecule has 0 bridgehead atoms. The van der Waals surface area contributed by atoms with Crippen LogP contribution in [0.4, 0.5) is 0 Å². The molecule has 108 valence electrons. The highest BCUT2D eigenvalue weighted by Crippen LogP contribution is 2.21. The first-order valence-electron chi connectivity index (χ1n) is 7.07. The fourth-order valence-electron chi connectivity index (χ4n) is 2.13. The van der Waals surface area contributed by atoms with Crippen molar-refractivity contribution < 1.29 is 9.84 Å². The van der Waals surface area contributed by atoms with Crippen molar-refractivity contribution in [3.05, 3.63) is 45.4 Å². The molecule has 4 heteroatoms. The van der Waals surface area contributed by atoms with Gasteiger partial charge in [0.05, 0.1) is 28.8 Å². The van der Waals surface area contributed by atoms with Crippen molar-refractivity contribution in [2.75, 3.05) is 6.61 Å². The Morgan fingerprint density at radius 3 is 2.65 bits per heavy atom. The summed E-state index contributed by atoms with van der Waals surface area (Å²) in [6.45, 7) is 4.90. The molecule has 1 aromatic carbocycles. The van der Waals surface area contributed by atoms with E-state index in [-0.39, 0.29) is 6.61 Å². The molecule has 3 nitrogen and oxygen atoms in total. The minimum absolute atomic E-state index is 0.0837. The Balaban J connectivity index is 1.94. The molecular weight excluding hydrogens is 270 g/mol. The number of aliphatic hydroxyl groups is 1. The molecule has 0 fully saturated rings. The molecule has 0 radical (unpaired) electrons. The number of ether oxygens (including phenoxy) is 1. The molecule has 0 aliphatic rings. The maximum absolute atomic E-state index is 9.27. The minimum Gasteiger partial charge on any atom is -0.493 e. The van der Waals surface area contributed by atoms with E-state index in [1.165, 1.54) is 5.56 Å². The van der Waals surface area contributed by atoms with Gasteiger partial charge in [0.2, 0.25) is 0 Å². The second-order valence-electron chi connectivity index (χ2n) is 4.55. The van der Waals surface area contributed by atoms with Gasteiger partial charge in [-0.2, -0.15) is 0 Å². The Labute approximate surface area is 124 Å². The van der Waals surface area contributed by atoms with E-state index in [0.29, 0.717) is 6.61 Å². The summed E-state index contributed by atoms with van der Waals surface area (Å²) >= 11 is 1.59. The van der Waals surface area contributed by atoms with Crippen molar-refractivity contribution in [2.45, 2.75) is 39.7 Å². The smallest absolute Gasteiger partial charge is 0.122 e. The van der Waals surface area contributed by atoms with Crippen LogP contribution in [-0.4, -0.2) is 16.7 Å². The van der Waals surface area contributed by atoms with Crippen LogP contribution in [0.1, 0.15) is 35.0 Å². The van der Waals surface area contributed by atoms with Crippen molar-refractivity contribution >= 4 is 11.3 Å². The number of benzene rings is 1. The monoisotopic (exact) mass is 291 g/mol. The summed E-state index contributed by atoms with van der Waals surface area (Å²) in [6, 6.07) is 8.14. The summed E-state index contributed by atoms with van der Waals surface area (Å²) in [4.78, 5) is 5.53. The summed E-state index contributed by atoms with van der Waals surface area (Å²) in [6.07, 6.45) is 2.63. The Kier molecular flexibility index (Phi) is 5.56. The number of hydrogen-bond donors (Lipinski definition) is 1. The van der Waals surface area contributed by atoms with E-state index < -0.39 is 0 Å². The summed E-state index contributed by atoms with van der Waals surface area (Å²) in [7, 11) is 0. The lowest BCUT2D eigenvalue weighted by Gasteiger charge is -2.09. The minimum atomic E-state index is 0.0837. The van der Waals surface area contributed by atoms with Gasteiger partial charge in [0, 0.05) is 6.42 Å². The van der Waals surface area contributed by atoms with Crippen LogP contribution in [0.5, 0.6) is 5.75 Å². The first-order valence-corrected chi connectivity index (χ1v) is 7.89. The van der Waals surface area contributed by atoms with Crippen molar-refractivity contribution in [1.29, 1.82) is 0 Å². The molecule has 1 aromatic heterocycles. The van der Waals surface area contributed by atoms with Crippen LogP contribution in [0, 0.1) is 0 Å². The Morgan fingerprint density at radius 2 is 2.00 bits per heavy atom. The fourth-order valence-corrected chi connectivity index (χ4v) is 3.13. The number of thiazole rings is 1. The van der Waals surface area contributed by atoms with E-state index in [2.05, 4.69) is 24.9 Å². The molecule has 0 unspecified atom stereocenters. The van der Waals surface area contributed by atoms with E-state index in [0.717, 1.165) is 40.6 Å². The van der Waals surface area contributed by atoms with Crippen molar-refractivity contribution in [2.24, 2.45) is 0 Å². The molecule has 0 aliphatic heterocycles. The normalized spacial score (nSPS) is 10.8. The van der Waals surface area contributed by atoms with Gasteiger partial charge in [0.15, 0.2) is 0 Å². The average molecular weight is 291 g/mol. The van der Waals surface area contributed by atoms with E-state index in [1.54, 1.807) is 11.3 Å². The Morgan fingerprint density at radius 1 is 1.20 bits per heavy atom. The number of nitrogens with zero attached hydrogens (tertiary/aromatic N) is 1. The zero-order chi connectivity index (χ0) is 14.4. The standard InChI is InChI=1S/C16H21NO2S/c1-3-12-7-5-6-8-14(12)19-10-9-16-17-13(4-2)15(11-18)20-16/h5-8,18H,3-4,9-11H2,1-2H3. The molecular formula is C16H21NO2S. The van der Waals surface area contributed by atoms with E-state index in [1.807, 2.05) is 18.2 Å². The highest BCUT2D eigenvalue weighted by atomic mass is 32.1. The summed E-state index contributed by atoms with van der Waals surface area (Å²) in [5, 5.41) is 10.3. The molecule has 1 N–H and O–H groups in total. The van der Waals surface area contributed by atoms with E-state index in [9.17, 15) is 5.11 Å². The summed E-state index contributed by atoms with van der Waals surface area (Å²) in [5.41, 5.74) is 2.25. The van der Waals surface area contributed by atoms with E-state index in [4.69, 9.17) is 4.74 Å². The Bertz CT molecular complexity index is 530. The molecule has 0 spiro atoms. The zero-order valence-electron chi connectivity index (χ0n) is 12.1. The highest BCUT2D eigenvalue weighted by molar-refractivity contribution is 7.11. The lowest BCUT2D eigenvalue weighted by Crippen LogP contribution is -2.03. The van der Waals surface area contributed by atoms with Crippen LogP contribution >= 0.6 is 11.3 Å². The van der Waals surface area contributed by atoms with Gasteiger partial charge in [0.1, 0.15) is 5.75 Å². The van der Waals surface area contributed by atoms with Crippen LogP contribution in [-0.2, 0) is 25.9 Å².